The molecule has 5 rings (SSSR count). The zero-order chi connectivity index (χ0) is 22.8. The van der Waals surface area contributed by atoms with Crippen LogP contribution in [0.3, 0.4) is 0 Å². The van der Waals surface area contributed by atoms with Crippen molar-refractivity contribution in [3.8, 4) is 11.3 Å². The molecule has 0 bridgehead atoms. The Labute approximate surface area is 189 Å². The Kier molecular flexibility index (Phi) is 5.43. The van der Waals surface area contributed by atoms with E-state index in [1.165, 1.54) is 6.33 Å². The van der Waals surface area contributed by atoms with Gasteiger partial charge in [0.15, 0.2) is 11.5 Å². The Morgan fingerprint density at radius 2 is 1.88 bits per heavy atom. The molecule has 0 unspecified atom stereocenters. The molecule has 11 heteroatoms. The predicted octanol–water partition coefficient (Wildman–Crippen LogP) is 1.86. The highest BCUT2D eigenvalue weighted by Crippen LogP contribution is 2.24. The molecule has 33 heavy (non-hydrogen) atoms. The van der Waals surface area contributed by atoms with Crippen molar-refractivity contribution in [1.82, 2.24) is 40.0 Å². The van der Waals surface area contributed by atoms with Crippen LogP contribution in [0.2, 0.25) is 0 Å². The number of aromatic amines is 1. The van der Waals surface area contributed by atoms with Crippen molar-refractivity contribution in [2.45, 2.75) is 12.8 Å². The Balaban J connectivity index is 1.29. The largest absolute Gasteiger partial charge is 0.359 e. The van der Waals surface area contributed by atoms with Crippen LogP contribution in [0.5, 0.6) is 0 Å². The Hall–Kier alpha value is -4.28. The minimum atomic E-state index is -0.0284. The van der Waals surface area contributed by atoms with Crippen molar-refractivity contribution < 1.29 is 9.59 Å². The molecule has 0 radical (unpaired) electrons. The second kappa shape index (κ2) is 8.69. The summed E-state index contributed by atoms with van der Waals surface area (Å²) in [7, 11) is 1.65. The van der Waals surface area contributed by atoms with E-state index in [1.807, 2.05) is 12.1 Å². The predicted molar refractivity (Wildman–Crippen MR) is 121 cm³/mol. The van der Waals surface area contributed by atoms with E-state index in [2.05, 4.69) is 35.9 Å². The molecule has 3 aromatic heterocycles. The Morgan fingerprint density at radius 1 is 1.09 bits per heavy atom. The molecule has 1 aliphatic heterocycles. The molecule has 1 aliphatic rings. The highest BCUT2D eigenvalue weighted by molar-refractivity contribution is 5.95. The standard InChI is InChI=1S/C22H23N9O2/c1-23-21(32)14-6-8-30(9-7-14)22(33)15-2-4-17(5-3-15)29-19-20-25-13-28-31(20)18(12-24-19)16-10-26-27-11-16/h2-5,10-14H,6-9H2,1H3,(H,23,32)(H,24,29)(H,26,27). The molecule has 2 amide bonds. The maximum absolute atomic E-state index is 12.9. The van der Waals surface area contributed by atoms with E-state index in [1.54, 1.807) is 47.2 Å². The van der Waals surface area contributed by atoms with E-state index in [0.29, 0.717) is 43.0 Å². The van der Waals surface area contributed by atoms with Crippen LogP contribution in [0.4, 0.5) is 11.5 Å². The van der Waals surface area contributed by atoms with Crippen molar-refractivity contribution in [3.05, 3.63) is 54.7 Å². The number of H-pyrrole nitrogens is 1. The van der Waals surface area contributed by atoms with Crippen LogP contribution >= 0.6 is 0 Å². The van der Waals surface area contributed by atoms with E-state index in [-0.39, 0.29) is 17.7 Å². The number of hydrogen-bond donors (Lipinski definition) is 3. The lowest BCUT2D eigenvalue weighted by Gasteiger charge is -2.31. The number of nitrogens with zero attached hydrogens (tertiary/aromatic N) is 6. The van der Waals surface area contributed by atoms with E-state index in [0.717, 1.165) is 16.9 Å². The quantitative estimate of drug-likeness (QED) is 0.427. The van der Waals surface area contributed by atoms with Gasteiger partial charge in [-0.3, -0.25) is 14.7 Å². The van der Waals surface area contributed by atoms with Gasteiger partial charge in [0, 0.05) is 49.1 Å². The Morgan fingerprint density at radius 3 is 2.58 bits per heavy atom. The summed E-state index contributed by atoms with van der Waals surface area (Å²) in [6.45, 7) is 1.16. The number of likely N-dealkylation sites (tertiary alicyclic amines) is 1. The molecule has 1 saturated heterocycles. The van der Waals surface area contributed by atoms with Crippen molar-refractivity contribution in [2.75, 3.05) is 25.5 Å². The third-order valence-corrected chi connectivity index (χ3v) is 5.89. The number of carbonyl (C=O) groups excluding carboxylic acids is 2. The average Bonchev–Trinajstić information content (AvgIpc) is 3.57. The first-order valence-electron chi connectivity index (χ1n) is 10.7. The van der Waals surface area contributed by atoms with Crippen LogP contribution in [0.15, 0.2) is 49.2 Å². The van der Waals surface area contributed by atoms with Crippen LogP contribution < -0.4 is 10.6 Å². The summed E-state index contributed by atoms with van der Waals surface area (Å²) in [5.41, 5.74) is 3.58. The number of anilines is 2. The number of amides is 2. The fourth-order valence-corrected chi connectivity index (χ4v) is 4.06. The van der Waals surface area contributed by atoms with Gasteiger partial charge in [0.2, 0.25) is 5.91 Å². The molecule has 0 saturated carbocycles. The minimum Gasteiger partial charge on any atom is -0.359 e. The van der Waals surface area contributed by atoms with Crippen LogP contribution in [0.1, 0.15) is 23.2 Å². The van der Waals surface area contributed by atoms with Gasteiger partial charge < -0.3 is 15.5 Å². The first kappa shape index (κ1) is 20.6. The summed E-state index contributed by atoms with van der Waals surface area (Å²) in [4.78, 5) is 35.3. The van der Waals surface area contributed by atoms with E-state index < -0.39 is 0 Å². The highest BCUT2D eigenvalue weighted by Gasteiger charge is 2.27. The highest BCUT2D eigenvalue weighted by atomic mass is 16.2. The second-order valence-electron chi connectivity index (χ2n) is 7.86. The van der Waals surface area contributed by atoms with E-state index >= 15 is 0 Å². The average molecular weight is 445 g/mol. The monoisotopic (exact) mass is 445 g/mol. The normalized spacial score (nSPS) is 14.4. The summed E-state index contributed by atoms with van der Waals surface area (Å²) in [6, 6.07) is 7.25. The topological polar surface area (TPSA) is 133 Å². The van der Waals surface area contributed by atoms with Crippen LogP contribution in [-0.2, 0) is 4.79 Å². The number of nitrogens with one attached hydrogen (secondary N) is 3. The summed E-state index contributed by atoms with van der Waals surface area (Å²) in [5.74, 6) is 0.548. The molecule has 1 fully saturated rings. The van der Waals surface area contributed by atoms with Crippen molar-refractivity contribution >= 4 is 29.0 Å². The lowest BCUT2D eigenvalue weighted by molar-refractivity contribution is -0.125. The van der Waals surface area contributed by atoms with E-state index in [4.69, 9.17) is 0 Å². The van der Waals surface area contributed by atoms with Crippen LogP contribution in [-0.4, -0.2) is 66.6 Å². The van der Waals surface area contributed by atoms with Gasteiger partial charge in [-0.2, -0.15) is 10.2 Å². The molecule has 1 aromatic carbocycles. The first-order valence-corrected chi connectivity index (χ1v) is 10.7. The molecular formula is C22H23N9O2. The maximum Gasteiger partial charge on any atom is 0.253 e. The second-order valence-corrected chi connectivity index (χ2v) is 7.86. The molecule has 0 atom stereocenters. The van der Waals surface area contributed by atoms with Gasteiger partial charge in [0.25, 0.3) is 5.91 Å². The summed E-state index contributed by atoms with van der Waals surface area (Å²) in [5, 5.41) is 17.0. The zero-order valence-electron chi connectivity index (χ0n) is 18.0. The fourth-order valence-electron chi connectivity index (χ4n) is 4.06. The minimum absolute atomic E-state index is 0.0213. The van der Waals surface area contributed by atoms with Gasteiger partial charge in [0.1, 0.15) is 6.33 Å². The van der Waals surface area contributed by atoms with Gasteiger partial charge in [-0.15, -0.1) is 0 Å². The molecule has 168 valence electrons. The summed E-state index contributed by atoms with van der Waals surface area (Å²) in [6.07, 6.45) is 8.00. The third kappa shape index (κ3) is 4.00. The lowest BCUT2D eigenvalue weighted by Crippen LogP contribution is -2.42. The van der Waals surface area contributed by atoms with E-state index in [9.17, 15) is 9.59 Å². The van der Waals surface area contributed by atoms with Crippen LogP contribution in [0, 0.1) is 5.92 Å². The molecule has 3 N–H and O–H groups in total. The SMILES string of the molecule is CNC(=O)C1CCN(C(=O)c2ccc(Nc3ncc(-c4cn[nH]c4)n4ncnc34)cc2)CC1. The number of benzene rings is 1. The van der Waals surface area contributed by atoms with Gasteiger partial charge >= 0.3 is 0 Å². The first-order chi connectivity index (χ1) is 16.1. The third-order valence-electron chi connectivity index (χ3n) is 5.89. The fraction of sp³-hybridized carbons (Fsp3) is 0.273. The van der Waals surface area contributed by atoms with Gasteiger partial charge in [-0.1, -0.05) is 0 Å². The molecule has 4 aromatic rings. The number of carbonyl (C=O) groups is 2. The van der Waals surface area contributed by atoms with Crippen molar-refractivity contribution in [3.63, 3.8) is 0 Å². The van der Waals surface area contributed by atoms with Crippen molar-refractivity contribution in [1.29, 1.82) is 0 Å². The number of hydrogen-bond acceptors (Lipinski definition) is 7. The van der Waals surface area contributed by atoms with Crippen molar-refractivity contribution in [2.24, 2.45) is 5.92 Å². The number of rotatable bonds is 5. The van der Waals surface area contributed by atoms with Gasteiger partial charge in [0.05, 0.1) is 18.1 Å². The van der Waals surface area contributed by atoms with Crippen LogP contribution in [0.25, 0.3) is 16.9 Å². The molecule has 0 spiro atoms. The lowest BCUT2D eigenvalue weighted by atomic mass is 9.95. The smallest absolute Gasteiger partial charge is 0.253 e. The molecule has 11 nitrogen and oxygen atoms in total. The summed E-state index contributed by atoms with van der Waals surface area (Å²) >= 11 is 0. The number of aromatic nitrogens is 6. The zero-order valence-corrected chi connectivity index (χ0v) is 18.0. The Bertz CT molecular complexity index is 1270. The van der Waals surface area contributed by atoms with Gasteiger partial charge in [-0.05, 0) is 37.1 Å². The number of fused-ring (bicyclic) bond motifs is 1. The summed E-state index contributed by atoms with van der Waals surface area (Å²) < 4.78 is 1.69. The molecule has 4 heterocycles. The van der Waals surface area contributed by atoms with Gasteiger partial charge in [-0.25, -0.2) is 14.5 Å². The molecular weight excluding hydrogens is 422 g/mol. The molecule has 0 aliphatic carbocycles. The maximum atomic E-state index is 12.9. The number of piperidine rings is 1.